The average Bonchev–Trinajstić information content (AvgIpc) is 2.88. The molecule has 1 aliphatic carbocycles. The Hall–Kier alpha value is -0.630. The Morgan fingerprint density at radius 2 is 2.14 bits per heavy atom. The molecule has 7 heteroatoms. The van der Waals surface area contributed by atoms with Crippen molar-refractivity contribution in [2.24, 2.45) is 0 Å². The fraction of sp³-hybridized carbons (Fsp3) is 0.571. The summed E-state index contributed by atoms with van der Waals surface area (Å²) in [5, 5.41) is 9.61. The smallest absolute Gasteiger partial charge is 0.240 e. The van der Waals surface area contributed by atoms with Crippen LogP contribution in [0.2, 0.25) is 0 Å². The van der Waals surface area contributed by atoms with Crippen LogP contribution in [-0.4, -0.2) is 31.1 Å². The Morgan fingerprint density at radius 3 is 2.71 bits per heavy atom. The van der Waals surface area contributed by atoms with Crippen molar-refractivity contribution in [2.75, 3.05) is 6.26 Å². The van der Waals surface area contributed by atoms with E-state index in [9.17, 15) is 12.8 Å². The minimum Gasteiger partial charge on any atom is -0.392 e. The number of thioether (sulfide) groups is 1. The number of hydrogen-bond acceptors (Lipinski definition) is 4. The van der Waals surface area contributed by atoms with Crippen molar-refractivity contribution >= 4 is 21.8 Å². The van der Waals surface area contributed by atoms with Gasteiger partial charge < -0.3 is 5.11 Å². The van der Waals surface area contributed by atoms with Crippen LogP contribution in [0.5, 0.6) is 0 Å². The number of halogens is 1. The first-order valence-corrected chi connectivity index (χ1v) is 9.59. The highest BCUT2D eigenvalue weighted by atomic mass is 32.2. The number of benzene rings is 1. The van der Waals surface area contributed by atoms with E-state index in [0.29, 0.717) is 5.25 Å². The summed E-state index contributed by atoms with van der Waals surface area (Å²) in [6.07, 6.45) is 4.66. The summed E-state index contributed by atoms with van der Waals surface area (Å²) in [6, 6.07) is 2.43. The largest absolute Gasteiger partial charge is 0.392 e. The van der Waals surface area contributed by atoms with Crippen molar-refractivity contribution in [3.63, 3.8) is 0 Å². The van der Waals surface area contributed by atoms with Crippen molar-refractivity contribution < 1.29 is 17.9 Å². The van der Waals surface area contributed by atoms with E-state index in [1.54, 1.807) is 11.8 Å². The van der Waals surface area contributed by atoms with Crippen molar-refractivity contribution in [3.05, 3.63) is 29.1 Å². The van der Waals surface area contributed by atoms with Gasteiger partial charge in [-0.25, -0.2) is 17.5 Å². The predicted octanol–water partition coefficient (Wildman–Crippen LogP) is 2.19. The van der Waals surface area contributed by atoms with Crippen LogP contribution in [0.4, 0.5) is 4.39 Å². The molecule has 1 fully saturated rings. The zero-order valence-electron chi connectivity index (χ0n) is 12.1. The summed E-state index contributed by atoms with van der Waals surface area (Å²) in [5.41, 5.74) is 0.221. The molecule has 0 radical (unpaired) electrons. The van der Waals surface area contributed by atoms with Gasteiger partial charge in [0.1, 0.15) is 5.82 Å². The maximum absolute atomic E-state index is 13.7. The Kier molecular flexibility index (Phi) is 5.29. The van der Waals surface area contributed by atoms with Crippen LogP contribution < -0.4 is 4.72 Å². The van der Waals surface area contributed by atoms with Gasteiger partial charge in [0, 0.05) is 16.9 Å². The van der Waals surface area contributed by atoms with E-state index in [4.69, 9.17) is 5.11 Å². The second-order valence-corrected chi connectivity index (χ2v) is 8.21. The van der Waals surface area contributed by atoms with Crippen molar-refractivity contribution in [3.8, 4) is 0 Å². The first-order valence-electron chi connectivity index (χ1n) is 6.82. The molecule has 0 aliphatic heterocycles. The quantitative estimate of drug-likeness (QED) is 0.867. The van der Waals surface area contributed by atoms with Crippen molar-refractivity contribution in [1.82, 2.24) is 4.72 Å². The maximum atomic E-state index is 13.7. The SMILES string of the molecule is CSC1CCC(NS(=O)(=O)c2cc(C)c(F)c(CO)c2)C1. The van der Waals surface area contributed by atoms with Crippen LogP contribution in [0.25, 0.3) is 0 Å². The second-order valence-electron chi connectivity index (χ2n) is 5.36. The highest BCUT2D eigenvalue weighted by Crippen LogP contribution is 2.29. The molecule has 4 nitrogen and oxygen atoms in total. The van der Waals surface area contributed by atoms with Gasteiger partial charge in [-0.1, -0.05) is 0 Å². The maximum Gasteiger partial charge on any atom is 0.240 e. The number of aliphatic hydroxyl groups excluding tert-OH is 1. The van der Waals surface area contributed by atoms with Gasteiger partial charge in [-0.2, -0.15) is 11.8 Å². The third-order valence-electron chi connectivity index (χ3n) is 3.82. The molecule has 0 bridgehead atoms. The molecule has 0 aromatic heterocycles. The molecule has 1 aliphatic rings. The predicted molar refractivity (Wildman–Crippen MR) is 82.3 cm³/mol. The van der Waals surface area contributed by atoms with E-state index >= 15 is 0 Å². The van der Waals surface area contributed by atoms with Crippen LogP contribution in [0.3, 0.4) is 0 Å². The Labute approximate surface area is 129 Å². The topological polar surface area (TPSA) is 66.4 Å². The van der Waals surface area contributed by atoms with E-state index in [1.165, 1.54) is 19.1 Å². The van der Waals surface area contributed by atoms with E-state index in [2.05, 4.69) is 4.72 Å². The van der Waals surface area contributed by atoms with Crippen LogP contribution in [0, 0.1) is 12.7 Å². The zero-order valence-corrected chi connectivity index (χ0v) is 13.7. The molecule has 21 heavy (non-hydrogen) atoms. The minimum atomic E-state index is -3.68. The van der Waals surface area contributed by atoms with E-state index in [0.717, 1.165) is 19.3 Å². The lowest BCUT2D eigenvalue weighted by Gasteiger charge is -2.15. The lowest BCUT2D eigenvalue weighted by Crippen LogP contribution is -2.33. The average molecular weight is 333 g/mol. The van der Waals surface area contributed by atoms with Gasteiger partial charge >= 0.3 is 0 Å². The Bertz CT molecular complexity index is 619. The van der Waals surface area contributed by atoms with Crippen molar-refractivity contribution in [1.29, 1.82) is 0 Å². The Balaban J connectivity index is 2.22. The minimum absolute atomic E-state index is 0.00351. The first-order chi connectivity index (χ1) is 9.87. The molecule has 2 atom stereocenters. The third kappa shape index (κ3) is 3.77. The molecule has 0 amide bonds. The van der Waals surface area contributed by atoms with Gasteiger partial charge in [-0.05, 0) is 50.1 Å². The standard InChI is InChI=1S/C14H20FNO3S2/c1-9-5-13(6-10(8-17)14(9)15)21(18,19)16-11-3-4-12(7-11)20-2/h5-6,11-12,16-17H,3-4,7-8H2,1-2H3. The molecule has 0 heterocycles. The molecule has 0 spiro atoms. The fourth-order valence-corrected chi connectivity index (χ4v) is 4.84. The highest BCUT2D eigenvalue weighted by molar-refractivity contribution is 7.99. The third-order valence-corrected chi connectivity index (χ3v) is 6.42. The molecule has 1 aromatic carbocycles. The molecule has 0 saturated heterocycles. The molecule has 1 aromatic rings. The molecule has 1 saturated carbocycles. The van der Waals surface area contributed by atoms with Crippen LogP contribution >= 0.6 is 11.8 Å². The monoisotopic (exact) mass is 333 g/mol. The number of rotatable bonds is 5. The van der Waals surface area contributed by atoms with E-state index < -0.39 is 22.4 Å². The summed E-state index contributed by atoms with van der Waals surface area (Å²) in [6.45, 7) is 0.973. The van der Waals surface area contributed by atoms with Crippen LogP contribution in [0.15, 0.2) is 17.0 Å². The Morgan fingerprint density at radius 1 is 1.43 bits per heavy atom. The lowest BCUT2D eigenvalue weighted by molar-refractivity contribution is 0.275. The summed E-state index contributed by atoms with van der Waals surface area (Å²) in [7, 11) is -3.68. The van der Waals surface area contributed by atoms with Crippen molar-refractivity contribution in [2.45, 2.75) is 49.0 Å². The fourth-order valence-electron chi connectivity index (χ4n) is 2.63. The molecule has 118 valence electrons. The summed E-state index contributed by atoms with van der Waals surface area (Å²) >= 11 is 1.75. The number of aryl methyl sites for hydroxylation is 1. The van der Waals surface area contributed by atoms with E-state index in [1.807, 2.05) is 6.26 Å². The van der Waals surface area contributed by atoms with Crippen LogP contribution in [-0.2, 0) is 16.6 Å². The highest BCUT2D eigenvalue weighted by Gasteiger charge is 2.28. The van der Waals surface area contributed by atoms with E-state index in [-0.39, 0.29) is 22.1 Å². The number of nitrogens with one attached hydrogen (secondary N) is 1. The van der Waals surface area contributed by atoms with Gasteiger partial charge in [-0.3, -0.25) is 0 Å². The molecular weight excluding hydrogens is 313 g/mol. The van der Waals surface area contributed by atoms with Gasteiger partial charge in [-0.15, -0.1) is 0 Å². The second kappa shape index (κ2) is 6.64. The number of hydrogen-bond donors (Lipinski definition) is 2. The van der Waals surface area contributed by atoms with Gasteiger partial charge in [0.25, 0.3) is 0 Å². The summed E-state index contributed by atoms with van der Waals surface area (Å²) in [5.74, 6) is -0.556. The zero-order chi connectivity index (χ0) is 15.6. The molecule has 2 unspecified atom stereocenters. The normalized spacial score (nSPS) is 22.7. The first kappa shape index (κ1) is 16.7. The molecular formula is C14H20FNO3S2. The number of sulfonamides is 1. The van der Waals surface area contributed by atoms with Gasteiger partial charge in [0.15, 0.2) is 0 Å². The number of aliphatic hydroxyl groups is 1. The van der Waals surface area contributed by atoms with Gasteiger partial charge in [0.2, 0.25) is 10.0 Å². The lowest BCUT2D eigenvalue weighted by atomic mass is 10.1. The molecule has 2 rings (SSSR count). The summed E-state index contributed by atoms with van der Waals surface area (Å²) in [4.78, 5) is 0.0121. The molecule has 2 N–H and O–H groups in total. The van der Waals surface area contributed by atoms with Crippen LogP contribution in [0.1, 0.15) is 30.4 Å². The summed E-state index contributed by atoms with van der Waals surface area (Å²) < 4.78 is 41.2. The van der Waals surface area contributed by atoms with Gasteiger partial charge in [0.05, 0.1) is 11.5 Å².